The molecule has 0 saturated carbocycles. The molecule has 110 valence electrons. The van der Waals surface area contributed by atoms with Gasteiger partial charge in [-0.1, -0.05) is 20.8 Å². The number of carbonyl (C=O) groups is 2. The molecule has 0 aliphatic rings. The Bertz CT molecular complexity index is 506. The number of rotatable bonds is 5. The summed E-state index contributed by atoms with van der Waals surface area (Å²) in [5.41, 5.74) is 0.674. The molecule has 0 aliphatic heterocycles. The summed E-state index contributed by atoms with van der Waals surface area (Å²) in [7, 11) is 0. The summed E-state index contributed by atoms with van der Waals surface area (Å²) in [5, 5.41) is 20.5. The molecule has 0 fully saturated rings. The molecule has 0 saturated heterocycles. The van der Waals surface area contributed by atoms with Crippen LogP contribution in [0.3, 0.4) is 0 Å². The smallest absolute Gasteiger partial charge is 0.307 e. The lowest BCUT2D eigenvalue weighted by molar-refractivity contribution is -0.136. The average molecular weight is 280 g/mol. The topological polar surface area (TPSA) is 99.5 Å². The highest BCUT2D eigenvalue weighted by atomic mass is 16.4. The van der Waals surface area contributed by atoms with E-state index in [0.717, 1.165) is 0 Å². The van der Waals surface area contributed by atoms with Crippen LogP contribution in [-0.4, -0.2) is 33.7 Å². The van der Waals surface area contributed by atoms with Gasteiger partial charge in [-0.3, -0.25) is 9.59 Å². The van der Waals surface area contributed by atoms with E-state index in [0.29, 0.717) is 23.4 Å². The standard InChI is InChI=1S/C14H20N2O4/c1-14(2,3)13(20)16-11-6-9(4-5-17)10(8-15-11)7-12(18)19/h6,8,17H,4-5,7H2,1-3H3,(H,18,19)(H,15,16,20). The zero-order chi connectivity index (χ0) is 15.3. The molecular formula is C14H20N2O4. The van der Waals surface area contributed by atoms with Crippen molar-refractivity contribution >= 4 is 17.7 Å². The summed E-state index contributed by atoms with van der Waals surface area (Å²) in [6, 6.07) is 1.61. The predicted octanol–water partition coefficient (Wildman–Crippen LogP) is 1.23. The number of carbonyl (C=O) groups excluding carboxylic acids is 1. The molecule has 3 N–H and O–H groups in total. The zero-order valence-electron chi connectivity index (χ0n) is 11.9. The number of hydrogen-bond acceptors (Lipinski definition) is 4. The van der Waals surface area contributed by atoms with Crippen molar-refractivity contribution in [1.29, 1.82) is 0 Å². The van der Waals surface area contributed by atoms with Crippen molar-refractivity contribution in [2.24, 2.45) is 5.41 Å². The molecule has 0 spiro atoms. The molecular weight excluding hydrogens is 260 g/mol. The van der Waals surface area contributed by atoms with Crippen molar-refractivity contribution in [1.82, 2.24) is 4.98 Å². The lowest BCUT2D eigenvalue weighted by atomic mass is 9.95. The van der Waals surface area contributed by atoms with E-state index in [1.54, 1.807) is 26.8 Å². The molecule has 20 heavy (non-hydrogen) atoms. The predicted molar refractivity (Wildman–Crippen MR) is 74.5 cm³/mol. The van der Waals surface area contributed by atoms with E-state index in [9.17, 15) is 9.59 Å². The summed E-state index contributed by atoms with van der Waals surface area (Å²) in [6.45, 7) is 5.27. The number of aliphatic hydroxyl groups excluding tert-OH is 1. The van der Waals surface area contributed by atoms with E-state index >= 15 is 0 Å². The van der Waals surface area contributed by atoms with Crippen LogP contribution in [0.2, 0.25) is 0 Å². The number of aromatic nitrogens is 1. The maximum absolute atomic E-state index is 11.9. The maximum atomic E-state index is 11.9. The first-order chi connectivity index (χ1) is 9.24. The van der Waals surface area contributed by atoms with Crippen LogP contribution in [-0.2, 0) is 22.4 Å². The van der Waals surface area contributed by atoms with Gasteiger partial charge in [0.2, 0.25) is 5.91 Å². The van der Waals surface area contributed by atoms with E-state index in [-0.39, 0.29) is 18.9 Å². The van der Waals surface area contributed by atoms with Gasteiger partial charge >= 0.3 is 5.97 Å². The molecule has 0 bridgehead atoms. The van der Waals surface area contributed by atoms with Crippen LogP contribution in [0.1, 0.15) is 31.9 Å². The monoisotopic (exact) mass is 280 g/mol. The molecule has 0 aromatic carbocycles. The minimum Gasteiger partial charge on any atom is -0.481 e. The van der Waals surface area contributed by atoms with Crippen LogP contribution in [0, 0.1) is 5.41 Å². The number of aliphatic carboxylic acids is 1. The Balaban J connectivity index is 2.98. The van der Waals surface area contributed by atoms with Crippen molar-refractivity contribution < 1.29 is 19.8 Å². The van der Waals surface area contributed by atoms with Gasteiger partial charge < -0.3 is 15.5 Å². The number of nitrogens with zero attached hydrogens (tertiary/aromatic N) is 1. The van der Waals surface area contributed by atoms with Crippen LogP contribution < -0.4 is 5.32 Å². The second-order valence-electron chi connectivity index (χ2n) is 5.59. The molecule has 1 aromatic rings. The number of pyridine rings is 1. The van der Waals surface area contributed by atoms with Crippen LogP contribution in [0.25, 0.3) is 0 Å². The third-order valence-electron chi connectivity index (χ3n) is 2.73. The Labute approximate surface area is 117 Å². The van der Waals surface area contributed by atoms with Crippen LogP contribution in [0.4, 0.5) is 5.82 Å². The SMILES string of the molecule is CC(C)(C)C(=O)Nc1cc(CCO)c(CC(=O)O)cn1. The Morgan fingerprint density at radius 1 is 1.30 bits per heavy atom. The third-order valence-corrected chi connectivity index (χ3v) is 2.73. The summed E-state index contributed by atoms with van der Waals surface area (Å²) < 4.78 is 0. The molecule has 6 heteroatoms. The summed E-state index contributed by atoms with van der Waals surface area (Å²) in [6.07, 6.45) is 1.59. The lowest BCUT2D eigenvalue weighted by Crippen LogP contribution is -2.28. The van der Waals surface area contributed by atoms with Crippen LogP contribution >= 0.6 is 0 Å². The molecule has 1 aromatic heterocycles. The number of nitrogens with one attached hydrogen (secondary N) is 1. The Hall–Kier alpha value is -1.95. The highest BCUT2D eigenvalue weighted by Gasteiger charge is 2.22. The van der Waals surface area contributed by atoms with E-state index in [1.165, 1.54) is 6.20 Å². The fourth-order valence-electron chi connectivity index (χ4n) is 1.57. The largest absolute Gasteiger partial charge is 0.481 e. The van der Waals surface area contributed by atoms with Gasteiger partial charge in [-0.2, -0.15) is 0 Å². The highest BCUT2D eigenvalue weighted by Crippen LogP contribution is 2.19. The molecule has 0 aliphatic carbocycles. The second-order valence-corrected chi connectivity index (χ2v) is 5.59. The minimum atomic E-state index is -0.961. The quantitative estimate of drug-likeness (QED) is 0.753. The first kappa shape index (κ1) is 16.1. The van der Waals surface area contributed by atoms with E-state index < -0.39 is 11.4 Å². The van der Waals surface area contributed by atoms with Gasteiger partial charge in [-0.25, -0.2) is 4.98 Å². The number of carboxylic acid groups (broad SMARTS) is 1. The fraction of sp³-hybridized carbons (Fsp3) is 0.500. The Morgan fingerprint density at radius 2 is 1.95 bits per heavy atom. The van der Waals surface area contributed by atoms with Crippen LogP contribution in [0.15, 0.2) is 12.3 Å². The number of carboxylic acids is 1. The molecule has 1 rings (SSSR count). The van der Waals surface area contributed by atoms with Crippen molar-refractivity contribution in [3.63, 3.8) is 0 Å². The third kappa shape index (κ3) is 4.62. The number of amides is 1. The number of hydrogen-bond donors (Lipinski definition) is 3. The molecule has 0 unspecified atom stereocenters. The fourth-order valence-corrected chi connectivity index (χ4v) is 1.57. The first-order valence-corrected chi connectivity index (χ1v) is 6.36. The Morgan fingerprint density at radius 3 is 2.45 bits per heavy atom. The van der Waals surface area contributed by atoms with Gasteiger partial charge in [-0.15, -0.1) is 0 Å². The normalized spacial score (nSPS) is 11.2. The summed E-state index contributed by atoms with van der Waals surface area (Å²) in [5.74, 6) is -0.772. The van der Waals surface area contributed by atoms with Crippen molar-refractivity contribution in [3.8, 4) is 0 Å². The van der Waals surface area contributed by atoms with Gasteiger partial charge in [-0.05, 0) is 23.6 Å². The molecule has 1 heterocycles. The first-order valence-electron chi connectivity index (χ1n) is 6.36. The van der Waals surface area contributed by atoms with E-state index in [1.807, 2.05) is 0 Å². The van der Waals surface area contributed by atoms with Crippen LogP contribution in [0.5, 0.6) is 0 Å². The zero-order valence-corrected chi connectivity index (χ0v) is 11.9. The van der Waals surface area contributed by atoms with Gasteiger partial charge in [0.1, 0.15) is 5.82 Å². The van der Waals surface area contributed by atoms with Gasteiger partial charge in [0.05, 0.1) is 6.42 Å². The van der Waals surface area contributed by atoms with Gasteiger partial charge in [0, 0.05) is 18.2 Å². The maximum Gasteiger partial charge on any atom is 0.307 e. The highest BCUT2D eigenvalue weighted by molar-refractivity contribution is 5.93. The molecule has 0 atom stereocenters. The molecule has 6 nitrogen and oxygen atoms in total. The second kappa shape index (κ2) is 6.47. The minimum absolute atomic E-state index is 0.0940. The number of aliphatic hydroxyl groups is 1. The molecule has 0 radical (unpaired) electrons. The summed E-state index contributed by atoms with van der Waals surface area (Å²) in [4.78, 5) is 26.7. The number of anilines is 1. The summed E-state index contributed by atoms with van der Waals surface area (Å²) >= 11 is 0. The van der Waals surface area contributed by atoms with Crippen molar-refractivity contribution in [3.05, 3.63) is 23.4 Å². The Kier molecular flexibility index (Phi) is 5.21. The van der Waals surface area contributed by atoms with Gasteiger partial charge in [0.15, 0.2) is 0 Å². The lowest BCUT2D eigenvalue weighted by Gasteiger charge is -2.18. The van der Waals surface area contributed by atoms with E-state index in [2.05, 4.69) is 10.3 Å². The van der Waals surface area contributed by atoms with Crippen molar-refractivity contribution in [2.45, 2.75) is 33.6 Å². The van der Waals surface area contributed by atoms with Gasteiger partial charge in [0.25, 0.3) is 0 Å². The molecule has 1 amide bonds. The van der Waals surface area contributed by atoms with Crippen molar-refractivity contribution in [2.75, 3.05) is 11.9 Å². The average Bonchev–Trinajstić information content (AvgIpc) is 2.31. The van der Waals surface area contributed by atoms with E-state index in [4.69, 9.17) is 10.2 Å².